The van der Waals surface area contributed by atoms with Crippen LogP contribution in [0.15, 0.2) is 16.9 Å². The fourth-order valence-corrected chi connectivity index (χ4v) is 4.97. The van der Waals surface area contributed by atoms with Gasteiger partial charge in [0.2, 0.25) is 0 Å². The zero-order chi connectivity index (χ0) is 13.7. The highest BCUT2D eigenvalue weighted by Gasteiger charge is 2.41. The molecule has 1 unspecified atom stereocenters. The Hall–Kier alpha value is -1.01. The third kappa shape index (κ3) is 1.97. The van der Waals surface area contributed by atoms with Crippen LogP contribution in [0.2, 0.25) is 0 Å². The van der Waals surface area contributed by atoms with Crippen LogP contribution in [-0.2, 0) is 9.47 Å². The Balaban J connectivity index is 1.67. The van der Waals surface area contributed by atoms with Crippen LogP contribution >= 0.6 is 23.1 Å². The van der Waals surface area contributed by atoms with Crippen molar-refractivity contribution in [3.63, 3.8) is 0 Å². The van der Waals surface area contributed by atoms with E-state index in [-0.39, 0.29) is 10.9 Å². The van der Waals surface area contributed by atoms with Crippen molar-refractivity contribution in [1.82, 2.24) is 0 Å². The van der Waals surface area contributed by atoms with Crippen molar-refractivity contribution < 1.29 is 18.9 Å². The van der Waals surface area contributed by atoms with E-state index in [1.165, 1.54) is 4.88 Å². The van der Waals surface area contributed by atoms with Crippen molar-refractivity contribution in [3.8, 4) is 11.5 Å². The Morgan fingerprint density at radius 2 is 2.05 bits per heavy atom. The Kier molecular flexibility index (Phi) is 2.86. The third-order valence-corrected chi connectivity index (χ3v) is 5.80. The molecule has 0 saturated carbocycles. The van der Waals surface area contributed by atoms with Crippen LogP contribution in [0.3, 0.4) is 0 Å². The van der Waals surface area contributed by atoms with Gasteiger partial charge in [0, 0.05) is 5.38 Å². The summed E-state index contributed by atoms with van der Waals surface area (Å²) in [6.45, 7) is 5.94. The molecule has 1 aromatic rings. The van der Waals surface area contributed by atoms with E-state index in [4.69, 9.17) is 18.9 Å². The third-order valence-electron chi connectivity index (χ3n) is 3.43. The maximum atomic E-state index is 6.04. The van der Waals surface area contributed by atoms with E-state index in [9.17, 15) is 0 Å². The van der Waals surface area contributed by atoms with E-state index in [1.54, 1.807) is 11.3 Å². The number of rotatable bonds is 1. The first-order chi connectivity index (χ1) is 9.64. The summed E-state index contributed by atoms with van der Waals surface area (Å²) < 4.78 is 23.4. The van der Waals surface area contributed by atoms with Gasteiger partial charge in [-0.2, -0.15) is 0 Å². The van der Waals surface area contributed by atoms with Gasteiger partial charge in [0.25, 0.3) is 0 Å². The SMILES string of the molecule is CC1(C)COC2=C(CSC2c2scc3c2OCCO3)O1. The number of fused-ring (bicyclic) bond motifs is 1. The van der Waals surface area contributed by atoms with Crippen molar-refractivity contribution >= 4 is 23.1 Å². The average molecular weight is 312 g/mol. The largest absolute Gasteiger partial charge is 0.489 e. The molecule has 0 spiro atoms. The first-order valence-electron chi connectivity index (χ1n) is 6.67. The summed E-state index contributed by atoms with van der Waals surface area (Å²) in [5.41, 5.74) is -0.233. The Morgan fingerprint density at radius 3 is 2.95 bits per heavy atom. The summed E-state index contributed by atoms with van der Waals surface area (Å²) in [6, 6.07) is 0. The Bertz CT molecular complexity index is 576. The van der Waals surface area contributed by atoms with E-state index in [2.05, 4.69) is 13.8 Å². The van der Waals surface area contributed by atoms with E-state index >= 15 is 0 Å². The molecule has 4 heterocycles. The van der Waals surface area contributed by atoms with Crippen molar-refractivity contribution in [3.05, 3.63) is 21.8 Å². The molecule has 0 saturated heterocycles. The topological polar surface area (TPSA) is 36.9 Å². The lowest BCUT2D eigenvalue weighted by atomic mass is 10.1. The molecular formula is C14H16O4S2. The molecule has 3 aliphatic heterocycles. The van der Waals surface area contributed by atoms with Crippen LogP contribution in [0.1, 0.15) is 24.0 Å². The number of hydrogen-bond donors (Lipinski definition) is 0. The number of thiophene rings is 1. The van der Waals surface area contributed by atoms with Gasteiger partial charge in [0.15, 0.2) is 17.3 Å². The minimum Gasteiger partial charge on any atom is -0.489 e. The fourth-order valence-electron chi connectivity index (χ4n) is 2.56. The van der Waals surface area contributed by atoms with E-state index < -0.39 is 0 Å². The molecule has 0 aromatic carbocycles. The van der Waals surface area contributed by atoms with Gasteiger partial charge in [-0.05, 0) is 13.8 Å². The summed E-state index contributed by atoms with van der Waals surface area (Å²) in [5, 5.41) is 2.20. The summed E-state index contributed by atoms with van der Waals surface area (Å²) in [5.74, 6) is 4.56. The molecule has 4 rings (SSSR count). The number of hydrogen-bond acceptors (Lipinski definition) is 6. The van der Waals surface area contributed by atoms with Gasteiger partial charge in [-0.25, -0.2) is 0 Å². The van der Waals surface area contributed by atoms with Crippen molar-refractivity contribution in [2.45, 2.75) is 24.7 Å². The lowest BCUT2D eigenvalue weighted by Crippen LogP contribution is -2.34. The van der Waals surface area contributed by atoms with Gasteiger partial charge in [-0.1, -0.05) is 0 Å². The number of ether oxygens (including phenoxy) is 4. The fraction of sp³-hybridized carbons (Fsp3) is 0.571. The normalized spacial score (nSPS) is 26.8. The quantitative estimate of drug-likeness (QED) is 0.795. The first-order valence-corrected chi connectivity index (χ1v) is 8.60. The molecule has 6 heteroatoms. The van der Waals surface area contributed by atoms with Crippen LogP contribution in [-0.4, -0.2) is 31.2 Å². The molecule has 3 aliphatic rings. The molecule has 4 nitrogen and oxygen atoms in total. The van der Waals surface area contributed by atoms with Crippen molar-refractivity contribution in [1.29, 1.82) is 0 Å². The molecule has 20 heavy (non-hydrogen) atoms. The maximum Gasteiger partial charge on any atom is 0.176 e. The molecule has 0 fully saturated rings. The van der Waals surface area contributed by atoms with E-state index in [0.717, 1.165) is 28.8 Å². The van der Waals surface area contributed by atoms with Crippen LogP contribution in [0.5, 0.6) is 11.5 Å². The van der Waals surface area contributed by atoms with Crippen molar-refractivity contribution in [2.75, 3.05) is 25.6 Å². The molecule has 0 N–H and O–H groups in total. The second-order valence-electron chi connectivity index (χ2n) is 5.62. The molecule has 1 aromatic heterocycles. The monoisotopic (exact) mass is 312 g/mol. The molecule has 0 radical (unpaired) electrons. The maximum absolute atomic E-state index is 6.04. The summed E-state index contributed by atoms with van der Waals surface area (Å²) in [4.78, 5) is 1.18. The van der Waals surface area contributed by atoms with E-state index in [0.29, 0.717) is 19.8 Å². The first kappa shape index (κ1) is 12.7. The zero-order valence-corrected chi connectivity index (χ0v) is 13.1. The Morgan fingerprint density at radius 1 is 1.20 bits per heavy atom. The van der Waals surface area contributed by atoms with Gasteiger partial charge in [0.05, 0.1) is 10.6 Å². The van der Waals surface area contributed by atoms with Crippen LogP contribution in [0.4, 0.5) is 0 Å². The summed E-state index contributed by atoms with van der Waals surface area (Å²) in [6.07, 6.45) is 0. The van der Waals surface area contributed by atoms with Crippen LogP contribution in [0, 0.1) is 0 Å². The highest BCUT2D eigenvalue weighted by atomic mass is 32.2. The van der Waals surface area contributed by atoms with Crippen molar-refractivity contribution in [2.24, 2.45) is 0 Å². The predicted octanol–water partition coefficient (Wildman–Crippen LogP) is 3.34. The van der Waals surface area contributed by atoms with Crippen LogP contribution < -0.4 is 9.47 Å². The molecular weight excluding hydrogens is 296 g/mol. The zero-order valence-electron chi connectivity index (χ0n) is 11.4. The summed E-state index contributed by atoms with van der Waals surface area (Å²) in [7, 11) is 0. The molecule has 0 bridgehead atoms. The predicted molar refractivity (Wildman–Crippen MR) is 78.7 cm³/mol. The second kappa shape index (κ2) is 4.49. The summed E-state index contributed by atoms with van der Waals surface area (Å²) >= 11 is 3.51. The minimum absolute atomic E-state index is 0.177. The van der Waals surface area contributed by atoms with Crippen LogP contribution in [0.25, 0.3) is 0 Å². The number of thioether (sulfide) groups is 1. The van der Waals surface area contributed by atoms with Gasteiger partial charge in [0.1, 0.15) is 36.4 Å². The molecule has 108 valence electrons. The lowest BCUT2D eigenvalue weighted by Gasteiger charge is -2.32. The van der Waals surface area contributed by atoms with Gasteiger partial charge >= 0.3 is 0 Å². The Labute approximate surface area is 126 Å². The standard InChI is InChI=1S/C14H16O4S2/c1-14(2)7-17-11-9(18-14)6-20-13(11)12-10-8(5-19-12)15-3-4-16-10/h5,13H,3-4,6-7H2,1-2H3. The average Bonchev–Trinajstić information content (AvgIpc) is 3.00. The van der Waals surface area contributed by atoms with E-state index in [1.807, 2.05) is 17.1 Å². The lowest BCUT2D eigenvalue weighted by molar-refractivity contribution is -0.0609. The minimum atomic E-state index is -0.233. The highest BCUT2D eigenvalue weighted by molar-refractivity contribution is 8.00. The molecule has 1 atom stereocenters. The van der Waals surface area contributed by atoms with Gasteiger partial charge in [-0.15, -0.1) is 23.1 Å². The highest BCUT2D eigenvalue weighted by Crippen LogP contribution is 2.54. The van der Waals surface area contributed by atoms with Gasteiger partial charge < -0.3 is 18.9 Å². The molecule has 0 amide bonds. The van der Waals surface area contributed by atoms with Gasteiger partial charge in [-0.3, -0.25) is 0 Å². The second-order valence-corrected chi connectivity index (χ2v) is 7.62. The smallest absolute Gasteiger partial charge is 0.176 e. The molecule has 0 aliphatic carbocycles.